The Hall–Kier alpha value is -1.36. The van der Waals surface area contributed by atoms with Gasteiger partial charge in [0.1, 0.15) is 12.1 Å². The van der Waals surface area contributed by atoms with Crippen molar-refractivity contribution in [1.29, 1.82) is 0 Å². The first-order chi connectivity index (χ1) is 8.78. The van der Waals surface area contributed by atoms with Crippen LogP contribution in [0.5, 0.6) is 5.88 Å². The maximum Gasteiger partial charge on any atom is 0.218 e. The zero-order valence-electron chi connectivity index (χ0n) is 11.2. The van der Waals surface area contributed by atoms with Gasteiger partial charge in [-0.15, -0.1) is 0 Å². The molecule has 0 aliphatic carbocycles. The summed E-state index contributed by atoms with van der Waals surface area (Å²) in [6.07, 6.45) is 4.22. The number of anilines is 1. The molecule has 2 heterocycles. The summed E-state index contributed by atoms with van der Waals surface area (Å²) in [5.74, 6) is 2.04. The Kier molecular flexibility index (Phi) is 4.75. The second kappa shape index (κ2) is 6.54. The molecule has 1 fully saturated rings. The van der Waals surface area contributed by atoms with Crippen LogP contribution in [-0.4, -0.2) is 48.2 Å². The van der Waals surface area contributed by atoms with E-state index in [-0.39, 0.29) is 0 Å². The molecule has 5 heteroatoms. The zero-order chi connectivity index (χ0) is 12.8. The van der Waals surface area contributed by atoms with Gasteiger partial charge in [-0.05, 0) is 31.8 Å². The molecule has 1 saturated heterocycles. The Labute approximate surface area is 109 Å². The fraction of sp³-hybridized carbons (Fsp3) is 0.692. The molecule has 0 aromatic carbocycles. The van der Waals surface area contributed by atoms with Gasteiger partial charge in [0.05, 0.1) is 7.11 Å². The van der Waals surface area contributed by atoms with Crippen LogP contribution < -0.4 is 10.1 Å². The Morgan fingerprint density at radius 2 is 2.17 bits per heavy atom. The zero-order valence-corrected chi connectivity index (χ0v) is 11.2. The topological polar surface area (TPSA) is 50.3 Å². The third-order valence-electron chi connectivity index (χ3n) is 3.25. The maximum absolute atomic E-state index is 5.07. The van der Waals surface area contributed by atoms with Gasteiger partial charge in [0.2, 0.25) is 5.88 Å². The lowest BCUT2D eigenvalue weighted by Gasteiger charge is -2.20. The third kappa shape index (κ3) is 3.84. The summed E-state index contributed by atoms with van der Waals surface area (Å²) in [6, 6.07) is 1.82. The van der Waals surface area contributed by atoms with Gasteiger partial charge in [-0.1, -0.05) is 6.92 Å². The molecule has 0 spiro atoms. The van der Waals surface area contributed by atoms with E-state index in [4.69, 9.17) is 4.74 Å². The fourth-order valence-corrected chi connectivity index (χ4v) is 2.30. The Morgan fingerprint density at radius 3 is 2.89 bits per heavy atom. The van der Waals surface area contributed by atoms with E-state index in [1.807, 2.05) is 6.07 Å². The first kappa shape index (κ1) is 13.1. The quantitative estimate of drug-likeness (QED) is 0.831. The minimum Gasteiger partial charge on any atom is -0.481 e. The van der Waals surface area contributed by atoms with Crippen LogP contribution in [0, 0.1) is 5.92 Å². The number of ether oxygens (including phenoxy) is 1. The SMILES string of the molecule is COc1cc(NCC(C)CN2CCCC2)ncn1. The second-order valence-corrected chi connectivity index (χ2v) is 4.94. The van der Waals surface area contributed by atoms with E-state index in [0.717, 1.165) is 18.9 Å². The van der Waals surface area contributed by atoms with Gasteiger partial charge < -0.3 is 15.0 Å². The first-order valence-electron chi connectivity index (χ1n) is 6.60. The molecule has 0 amide bonds. The molecular formula is C13H22N4O. The molecule has 0 radical (unpaired) electrons. The highest BCUT2D eigenvalue weighted by atomic mass is 16.5. The normalized spacial score (nSPS) is 17.7. The molecule has 18 heavy (non-hydrogen) atoms. The van der Waals surface area contributed by atoms with Crippen molar-refractivity contribution in [1.82, 2.24) is 14.9 Å². The lowest BCUT2D eigenvalue weighted by Crippen LogP contribution is -2.29. The predicted molar refractivity (Wildman–Crippen MR) is 71.9 cm³/mol. The van der Waals surface area contributed by atoms with Crippen molar-refractivity contribution in [3.63, 3.8) is 0 Å². The number of hydrogen-bond acceptors (Lipinski definition) is 5. The van der Waals surface area contributed by atoms with Crippen LogP contribution in [0.15, 0.2) is 12.4 Å². The van der Waals surface area contributed by atoms with Gasteiger partial charge in [0, 0.05) is 19.2 Å². The molecule has 1 aliphatic heterocycles. The summed E-state index contributed by atoms with van der Waals surface area (Å²) in [7, 11) is 1.61. The highest BCUT2D eigenvalue weighted by Crippen LogP contribution is 2.13. The molecular weight excluding hydrogens is 228 g/mol. The second-order valence-electron chi connectivity index (χ2n) is 4.94. The molecule has 1 atom stereocenters. The van der Waals surface area contributed by atoms with E-state index < -0.39 is 0 Å². The number of methoxy groups -OCH3 is 1. The van der Waals surface area contributed by atoms with Crippen LogP contribution in [0.1, 0.15) is 19.8 Å². The van der Waals surface area contributed by atoms with Gasteiger partial charge in [0.25, 0.3) is 0 Å². The van der Waals surface area contributed by atoms with E-state index in [9.17, 15) is 0 Å². The summed E-state index contributed by atoms with van der Waals surface area (Å²) in [4.78, 5) is 10.7. The van der Waals surface area contributed by atoms with Crippen molar-refractivity contribution in [2.24, 2.45) is 5.92 Å². The van der Waals surface area contributed by atoms with E-state index >= 15 is 0 Å². The Balaban J connectivity index is 1.75. The van der Waals surface area contributed by atoms with E-state index in [2.05, 4.69) is 27.1 Å². The number of likely N-dealkylation sites (tertiary alicyclic amines) is 1. The molecule has 1 aromatic rings. The number of aromatic nitrogens is 2. The first-order valence-corrected chi connectivity index (χ1v) is 6.60. The van der Waals surface area contributed by atoms with Crippen LogP contribution in [0.3, 0.4) is 0 Å². The largest absolute Gasteiger partial charge is 0.481 e. The third-order valence-corrected chi connectivity index (χ3v) is 3.25. The van der Waals surface area contributed by atoms with E-state index in [1.54, 1.807) is 7.11 Å². The van der Waals surface area contributed by atoms with Crippen molar-refractivity contribution < 1.29 is 4.74 Å². The van der Waals surface area contributed by atoms with Crippen LogP contribution in [0.25, 0.3) is 0 Å². The van der Waals surface area contributed by atoms with Crippen LogP contribution >= 0.6 is 0 Å². The smallest absolute Gasteiger partial charge is 0.218 e. The van der Waals surface area contributed by atoms with Crippen LogP contribution in [0.4, 0.5) is 5.82 Å². The Morgan fingerprint density at radius 1 is 1.39 bits per heavy atom. The summed E-state index contributed by atoms with van der Waals surface area (Å²) >= 11 is 0. The molecule has 1 aromatic heterocycles. The summed E-state index contributed by atoms with van der Waals surface area (Å²) in [5, 5.41) is 3.34. The van der Waals surface area contributed by atoms with Gasteiger partial charge in [-0.3, -0.25) is 0 Å². The molecule has 1 aliphatic rings. The molecule has 100 valence electrons. The van der Waals surface area contributed by atoms with Gasteiger partial charge in [-0.25, -0.2) is 9.97 Å². The number of nitrogens with one attached hydrogen (secondary N) is 1. The highest BCUT2D eigenvalue weighted by molar-refractivity contribution is 5.36. The molecule has 0 bridgehead atoms. The minimum absolute atomic E-state index is 0.597. The van der Waals surface area contributed by atoms with Crippen LogP contribution in [-0.2, 0) is 0 Å². The summed E-state index contributed by atoms with van der Waals surface area (Å²) < 4.78 is 5.07. The molecule has 0 saturated carbocycles. The van der Waals surface area contributed by atoms with Crippen molar-refractivity contribution in [2.45, 2.75) is 19.8 Å². The summed E-state index contributed by atoms with van der Waals surface area (Å²) in [6.45, 7) is 6.87. The molecule has 5 nitrogen and oxygen atoms in total. The molecule has 1 unspecified atom stereocenters. The molecule has 2 rings (SSSR count). The monoisotopic (exact) mass is 250 g/mol. The minimum atomic E-state index is 0.597. The van der Waals surface area contributed by atoms with Crippen molar-refractivity contribution >= 4 is 5.82 Å². The maximum atomic E-state index is 5.07. The average Bonchev–Trinajstić information content (AvgIpc) is 2.89. The average molecular weight is 250 g/mol. The van der Waals surface area contributed by atoms with Gasteiger partial charge in [0.15, 0.2) is 0 Å². The van der Waals surface area contributed by atoms with Crippen LogP contribution in [0.2, 0.25) is 0 Å². The van der Waals surface area contributed by atoms with Crippen molar-refractivity contribution in [3.8, 4) is 5.88 Å². The predicted octanol–water partition coefficient (Wildman–Crippen LogP) is 1.63. The van der Waals surface area contributed by atoms with E-state index in [0.29, 0.717) is 11.8 Å². The fourth-order valence-electron chi connectivity index (χ4n) is 2.30. The lowest BCUT2D eigenvalue weighted by molar-refractivity contribution is 0.294. The van der Waals surface area contributed by atoms with Crippen molar-refractivity contribution in [2.75, 3.05) is 38.6 Å². The van der Waals surface area contributed by atoms with E-state index in [1.165, 1.54) is 32.3 Å². The summed E-state index contributed by atoms with van der Waals surface area (Å²) in [5.41, 5.74) is 0. The number of nitrogens with zero attached hydrogens (tertiary/aromatic N) is 3. The highest BCUT2D eigenvalue weighted by Gasteiger charge is 2.14. The van der Waals surface area contributed by atoms with Crippen molar-refractivity contribution in [3.05, 3.63) is 12.4 Å². The lowest BCUT2D eigenvalue weighted by atomic mass is 10.1. The standard InChI is InChI=1S/C13H22N4O/c1-11(9-17-5-3-4-6-17)8-14-12-7-13(18-2)16-10-15-12/h7,10-11H,3-6,8-9H2,1-2H3,(H,14,15,16). The van der Waals surface area contributed by atoms with Gasteiger partial charge >= 0.3 is 0 Å². The van der Waals surface area contributed by atoms with Gasteiger partial charge in [-0.2, -0.15) is 0 Å². The number of hydrogen-bond donors (Lipinski definition) is 1. The molecule has 1 N–H and O–H groups in total. The number of rotatable bonds is 6. The Bertz CT molecular complexity index is 366.